The maximum atomic E-state index is 12.9. The van der Waals surface area contributed by atoms with E-state index in [1.165, 1.54) is 30.3 Å². The number of nitrogens with zero attached hydrogens (tertiary/aromatic N) is 2. The molecule has 1 N–H and O–H groups in total. The normalized spacial score (nSPS) is 15.2. The van der Waals surface area contributed by atoms with Crippen molar-refractivity contribution in [1.82, 2.24) is 5.01 Å². The number of nitrogens with one attached hydrogen (secondary N) is 1. The Labute approximate surface area is 194 Å². The van der Waals surface area contributed by atoms with Crippen molar-refractivity contribution in [3.63, 3.8) is 0 Å². The van der Waals surface area contributed by atoms with E-state index in [4.69, 9.17) is 20.8 Å². The van der Waals surface area contributed by atoms with Gasteiger partial charge in [-0.3, -0.25) is 9.59 Å². The van der Waals surface area contributed by atoms with E-state index in [0.717, 1.165) is 5.56 Å². The van der Waals surface area contributed by atoms with Crippen LogP contribution in [-0.2, 0) is 14.3 Å². The third-order valence-corrected chi connectivity index (χ3v) is 5.23. The van der Waals surface area contributed by atoms with Gasteiger partial charge >= 0.3 is 5.97 Å². The lowest BCUT2D eigenvalue weighted by Gasteiger charge is -2.19. The van der Waals surface area contributed by atoms with Crippen molar-refractivity contribution in [3.8, 4) is 0 Å². The van der Waals surface area contributed by atoms with E-state index in [2.05, 4.69) is 10.4 Å². The summed E-state index contributed by atoms with van der Waals surface area (Å²) < 4.78 is 10.7. The van der Waals surface area contributed by atoms with Gasteiger partial charge in [-0.25, -0.2) is 9.80 Å². The van der Waals surface area contributed by atoms with Crippen LogP contribution in [0.1, 0.15) is 41.1 Å². The minimum Gasteiger partial charge on any atom is -0.467 e. The van der Waals surface area contributed by atoms with Gasteiger partial charge in [-0.15, -0.1) is 0 Å². The van der Waals surface area contributed by atoms with Gasteiger partial charge in [0.1, 0.15) is 11.8 Å². The number of esters is 1. The molecule has 8 nitrogen and oxygen atoms in total. The summed E-state index contributed by atoms with van der Waals surface area (Å²) in [6.45, 7) is 0.907. The predicted molar refractivity (Wildman–Crippen MR) is 122 cm³/mol. The van der Waals surface area contributed by atoms with Gasteiger partial charge in [0.2, 0.25) is 5.91 Å². The molecule has 0 fully saturated rings. The SMILES string of the molecule is CC(=O)Nc1ccc(C(=O)OCC(=O)N2N=C(c3ccc(Cl)cc3)C[C@@H]2c2ccco2)cc1. The molecule has 1 aromatic heterocycles. The molecule has 0 bridgehead atoms. The second-order valence-electron chi connectivity index (χ2n) is 7.36. The summed E-state index contributed by atoms with van der Waals surface area (Å²) in [6.07, 6.45) is 1.97. The first kappa shape index (κ1) is 22.3. The molecule has 4 rings (SSSR count). The average Bonchev–Trinajstić information content (AvgIpc) is 3.48. The number of amides is 2. The molecule has 0 aliphatic carbocycles. The molecule has 33 heavy (non-hydrogen) atoms. The zero-order chi connectivity index (χ0) is 23.4. The van der Waals surface area contributed by atoms with Crippen LogP contribution in [0.2, 0.25) is 5.02 Å². The maximum Gasteiger partial charge on any atom is 0.338 e. The largest absolute Gasteiger partial charge is 0.467 e. The lowest BCUT2D eigenvalue weighted by atomic mass is 10.0. The molecule has 2 heterocycles. The van der Waals surface area contributed by atoms with Crippen LogP contribution in [0.3, 0.4) is 0 Å². The van der Waals surface area contributed by atoms with Crippen molar-refractivity contribution < 1.29 is 23.5 Å². The molecule has 2 aromatic carbocycles. The molecule has 0 saturated heterocycles. The fourth-order valence-corrected chi connectivity index (χ4v) is 3.56. The first-order valence-corrected chi connectivity index (χ1v) is 10.5. The van der Waals surface area contributed by atoms with Crippen LogP contribution in [0, 0.1) is 0 Å². The monoisotopic (exact) mass is 465 g/mol. The van der Waals surface area contributed by atoms with Crippen molar-refractivity contribution in [3.05, 3.63) is 88.8 Å². The topological polar surface area (TPSA) is 101 Å². The number of halogens is 1. The Kier molecular flexibility index (Phi) is 6.55. The number of ether oxygens (including phenoxy) is 1. The number of hydrogen-bond donors (Lipinski definition) is 1. The molecule has 1 aliphatic rings. The van der Waals surface area contributed by atoms with Crippen LogP contribution in [-0.4, -0.2) is 35.1 Å². The zero-order valence-electron chi connectivity index (χ0n) is 17.7. The molecule has 0 radical (unpaired) electrons. The van der Waals surface area contributed by atoms with Gasteiger partial charge in [0, 0.05) is 24.1 Å². The third-order valence-electron chi connectivity index (χ3n) is 4.98. The number of hydrazone groups is 1. The Balaban J connectivity index is 1.45. The van der Waals surface area contributed by atoms with E-state index < -0.39 is 24.5 Å². The number of benzene rings is 2. The maximum absolute atomic E-state index is 12.9. The Hall–Kier alpha value is -3.91. The highest BCUT2D eigenvalue weighted by atomic mass is 35.5. The Morgan fingerprint density at radius 2 is 1.85 bits per heavy atom. The molecule has 9 heteroatoms. The lowest BCUT2D eigenvalue weighted by molar-refractivity contribution is -0.136. The second kappa shape index (κ2) is 9.70. The molecule has 168 valence electrons. The van der Waals surface area contributed by atoms with Gasteiger partial charge in [-0.2, -0.15) is 5.10 Å². The van der Waals surface area contributed by atoms with E-state index in [1.54, 1.807) is 36.4 Å². The first-order valence-electron chi connectivity index (χ1n) is 10.1. The summed E-state index contributed by atoms with van der Waals surface area (Å²) in [6, 6.07) is 16.4. The van der Waals surface area contributed by atoms with Crippen LogP contribution in [0.5, 0.6) is 0 Å². The molecular formula is C24H20ClN3O5. The molecule has 2 amide bonds. The van der Waals surface area contributed by atoms with Crippen LogP contribution < -0.4 is 5.32 Å². The van der Waals surface area contributed by atoms with Gasteiger partial charge in [-0.05, 0) is 54.1 Å². The highest BCUT2D eigenvalue weighted by Crippen LogP contribution is 2.33. The molecule has 1 atom stereocenters. The molecular weight excluding hydrogens is 446 g/mol. The van der Waals surface area contributed by atoms with Crippen LogP contribution in [0.15, 0.2) is 76.4 Å². The first-order chi connectivity index (χ1) is 15.9. The molecule has 1 aliphatic heterocycles. The van der Waals surface area contributed by atoms with E-state index in [0.29, 0.717) is 28.6 Å². The minimum absolute atomic E-state index is 0.217. The fourth-order valence-electron chi connectivity index (χ4n) is 3.43. The van der Waals surface area contributed by atoms with Crippen molar-refractivity contribution >= 4 is 40.8 Å². The smallest absolute Gasteiger partial charge is 0.338 e. The van der Waals surface area contributed by atoms with E-state index in [1.807, 2.05) is 12.1 Å². The standard InChI is InChI=1S/C24H20ClN3O5/c1-15(29)26-19-10-6-17(7-11-19)24(31)33-14-23(30)28-21(22-3-2-12-32-22)13-20(27-28)16-4-8-18(25)9-5-16/h2-12,21H,13-14H2,1H3,(H,26,29)/t21-/m1/s1. The predicted octanol–water partition coefficient (Wildman–Crippen LogP) is 4.43. The van der Waals surface area contributed by atoms with Crippen molar-refractivity contribution in [2.75, 3.05) is 11.9 Å². The number of carbonyl (C=O) groups is 3. The number of rotatable bonds is 6. The highest BCUT2D eigenvalue weighted by molar-refractivity contribution is 6.30. The molecule has 3 aromatic rings. The number of furan rings is 1. The van der Waals surface area contributed by atoms with Crippen molar-refractivity contribution in [2.45, 2.75) is 19.4 Å². The Morgan fingerprint density at radius 3 is 2.48 bits per heavy atom. The quantitative estimate of drug-likeness (QED) is 0.543. The summed E-state index contributed by atoms with van der Waals surface area (Å²) in [5.74, 6) is -0.779. The number of anilines is 1. The molecule has 0 spiro atoms. The van der Waals surface area contributed by atoms with Crippen molar-refractivity contribution in [1.29, 1.82) is 0 Å². The van der Waals surface area contributed by atoms with E-state index >= 15 is 0 Å². The van der Waals surface area contributed by atoms with Gasteiger partial charge in [-0.1, -0.05) is 23.7 Å². The van der Waals surface area contributed by atoms with Crippen LogP contribution in [0.4, 0.5) is 5.69 Å². The van der Waals surface area contributed by atoms with Crippen LogP contribution >= 0.6 is 11.6 Å². The highest BCUT2D eigenvalue weighted by Gasteiger charge is 2.35. The molecule has 0 saturated carbocycles. The van der Waals surface area contributed by atoms with Gasteiger partial charge in [0.05, 0.1) is 17.5 Å². The summed E-state index contributed by atoms with van der Waals surface area (Å²) in [4.78, 5) is 36.4. The summed E-state index contributed by atoms with van der Waals surface area (Å²) in [7, 11) is 0. The second-order valence-corrected chi connectivity index (χ2v) is 7.80. The van der Waals surface area contributed by atoms with Crippen molar-refractivity contribution in [2.24, 2.45) is 5.10 Å². The van der Waals surface area contributed by atoms with Gasteiger partial charge in [0.25, 0.3) is 5.91 Å². The van der Waals surface area contributed by atoms with Gasteiger partial charge < -0.3 is 14.5 Å². The van der Waals surface area contributed by atoms with E-state index in [-0.39, 0.29) is 11.5 Å². The Morgan fingerprint density at radius 1 is 1.12 bits per heavy atom. The Bertz CT molecular complexity index is 1190. The number of carbonyl (C=O) groups excluding carboxylic acids is 3. The lowest BCUT2D eigenvalue weighted by Crippen LogP contribution is -2.31. The van der Waals surface area contributed by atoms with E-state index in [9.17, 15) is 14.4 Å². The zero-order valence-corrected chi connectivity index (χ0v) is 18.4. The molecule has 0 unspecified atom stereocenters. The summed E-state index contributed by atoms with van der Waals surface area (Å²) in [5.41, 5.74) is 2.34. The average molecular weight is 466 g/mol. The summed E-state index contributed by atoms with van der Waals surface area (Å²) in [5, 5.41) is 8.98. The van der Waals surface area contributed by atoms with Gasteiger partial charge in [0.15, 0.2) is 6.61 Å². The van der Waals surface area contributed by atoms with Crippen LogP contribution in [0.25, 0.3) is 0 Å². The minimum atomic E-state index is -0.659. The number of hydrogen-bond acceptors (Lipinski definition) is 6. The third kappa shape index (κ3) is 5.30. The summed E-state index contributed by atoms with van der Waals surface area (Å²) >= 11 is 5.97. The fraction of sp³-hybridized carbons (Fsp3) is 0.167.